The number of aromatic hydroxyl groups is 1. The van der Waals surface area contributed by atoms with Crippen LogP contribution in [0.25, 0.3) is 33.5 Å². The van der Waals surface area contributed by atoms with Gasteiger partial charge >= 0.3 is 0 Å². The molecule has 10 nitrogen and oxygen atoms in total. The van der Waals surface area contributed by atoms with E-state index in [4.69, 9.17) is 4.98 Å². The highest BCUT2D eigenvalue weighted by Crippen LogP contribution is 2.31. The Labute approximate surface area is 213 Å². The number of hydrogen-bond acceptors (Lipinski definition) is 8. The Kier molecular flexibility index (Phi) is 6.98. The lowest BCUT2D eigenvalue weighted by molar-refractivity contribution is 0.0977. The molecule has 0 unspecified atom stereocenters. The van der Waals surface area contributed by atoms with Crippen LogP contribution in [0.5, 0.6) is 5.88 Å². The van der Waals surface area contributed by atoms with E-state index in [0.717, 1.165) is 47.3 Å². The molecule has 0 aliphatic rings. The predicted octanol–water partition coefficient (Wildman–Crippen LogP) is 4.75. The summed E-state index contributed by atoms with van der Waals surface area (Å²) in [5, 5.41) is 32.8. The van der Waals surface area contributed by atoms with Crippen molar-refractivity contribution in [3.8, 4) is 28.4 Å². The van der Waals surface area contributed by atoms with E-state index in [9.17, 15) is 9.90 Å². The van der Waals surface area contributed by atoms with E-state index in [1.54, 1.807) is 0 Å². The first kappa shape index (κ1) is 24.2. The van der Waals surface area contributed by atoms with Crippen LogP contribution in [0.4, 0.5) is 0 Å². The fraction of sp³-hybridized carbons (Fsp3) is 0.296. The number of carbonyl (C=O) groups is 1. The highest BCUT2D eigenvalue weighted by atomic mass is 16.3. The van der Waals surface area contributed by atoms with Crippen molar-refractivity contribution in [3.05, 3.63) is 65.6 Å². The fourth-order valence-corrected chi connectivity index (χ4v) is 4.50. The van der Waals surface area contributed by atoms with Crippen molar-refractivity contribution in [2.45, 2.75) is 52.5 Å². The molecule has 188 valence electrons. The van der Waals surface area contributed by atoms with Crippen molar-refractivity contribution >= 4 is 16.8 Å². The van der Waals surface area contributed by atoms with E-state index < -0.39 is 0 Å². The van der Waals surface area contributed by atoms with Crippen LogP contribution in [-0.2, 0) is 13.0 Å². The molecule has 0 aliphatic carbocycles. The minimum atomic E-state index is -0.218. The zero-order valence-corrected chi connectivity index (χ0v) is 20.8. The Bertz CT molecular complexity index is 1520. The van der Waals surface area contributed by atoms with E-state index in [0.29, 0.717) is 36.2 Å². The zero-order chi connectivity index (χ0) is 25.8. The molecule has 0 fully saturated rings. The number of hydrogen-bond donors (Lipinski definition) is 2. The number of carbonyl (C=O) groups excluding carboxylic acids is 1. The Morgan fingerprint density at radius 3 is 2.46 bits per heavy atom. The lowest BCUT2D eigenvalue weighted by Crippen LogP contribution is -2.07. The molecule has 0 amide bonds. The molecule has 5 rings (SSSR count). The molecular weight excluding hydrogens is 468 g/mol. The van der Waals surface area contributed by atoms with Crippen LogP contribution in [0.1, 0.15) is 61.4 Å². The van der Waals surface area contributed by atoms with Crippen LogP contribution in [0.2, 0.25) is 0 Å². The minimum absolute atomic E-state index is 0.114. The maximum atomic E-state index is 12.7. The molecule has 5 aromatic rings. The molecule has 0 bridgehead atoms. The molecule has 0 aliphatic heterocycles. The second kappa shape index (κ2) is 10.7. The van der Waals surface area contributed by atoms with Crippen molar-refractivity contribution in [1.29, 1.82) is 0 Å². The first-order chi connectivity index (χ1) is 18.1. The van der Waals surface area contributed by atoms with E-state index in [1.165, 1.54) is 0 Å². The summed E-state index contributed by atoms with van der Waals surface area (Å²) in [7, 11) is 0. The van der Waals surface area contributed by atoms with Gasteiger partial charge in [0.15, 0.2) is 17.3 Å². The summed E-state index contributed by atoms with van der Waals surface area (Å²) in [5.41, 5.74) is 5.07. The number of unbranched alkanes of at least 4 members (excludes halogenated alkanes) is 1. The third-order valence-corrected chi connectivity index (χ3v) is 6.36. The summed E-state index contributed by atoms with van der Waals surface area (Å²) in [6.45, 7) is 4.54. The summed E-state index contributed by atoms with van der Waals surface area (Å²) < 4.78 is 1.96. The number of benzene rings is 2. The summed E-state index contributed by atoms with van der Waals surface area (Å²) in [6.07, 6.45) is 3.73. The third-order valence-electron chi connectivity index (χ3n) is 6.36. The maximum Gasteiger partial charge on any atom is 0.257 e. The second-order valence-corrected chi connectivity index (χ2v) is 8.95. The number of H-pyrrole nitrogens is 1. The van der Waals surface area contributed by atoms with Crippen LogP contribution in [0, 0.1) is 0 Å². The minimum Gasteiger partial charge on any atom is -0.491 e. The van der Waals surface area contributed by atoms with Gasteiger partial charge in [0.25, 0.3) is 5.88 Å². The first-order valence-electron chi connectivity index (χ1n) is 12.5. The van der Waals surface area contributed by atoms with Crippen LogP contribution in [-0.4, -0.2) is 51.3 Å². The van der Waals surface area contributed by atoms with E-state index in [-0.39, 0.29) is 17.4 Å². The van der Waals surface area contributed by atoms with Crippen LogP contribution < -0.4 is 0 Å². The van der Waals surface area contributed by atoms with Crippen molar-refractivity contribution in [2.24, 2.45) is 0 Å². The second-order valence-electron chi connectivity index (χ2n) is 8.95. The number of rotatable bonds is 10. The van der Waals surface area contributed by atoms with E-state index in [2.05, 4.69) is 62.0 Å². The summed E-state index contributed by atoms with van der Waals surface area (Å²) in [4.78, 5) is 17.5. The third kappa shape index (κ3) is 4.82. The average molecular weight is 497 g/mol. The van der Waals surface area contributed by atoms with Gasteiger partial charge in [-0.05, 0) is 40.0 Å². The molecule has 0 saturated heterocycles. The molecule has 0 atom stereocenters. The number of tetrazole rings is 1. The number of aromatic amines is 1. The van der Waals surface area contributed by atoms with Crippen molar-refractivity contribution < 1.29 is 9.90 Å². The molecule has 0 spiro atoms. The van der Waals surface area contributed by atoms with Gasteiger partial charge in [-0.15, -0.1) is 15.3 Å². The van der Waals surface area contributed by atoms with Gasteiger partial charge < -0.3 is 9.67 Å². The molecule has 0 saturated carbocycles. The summed E-state index contributed by atoms with van der Waals surface area (Å²) >= 11 is 0. The Morgan fingerprint density at radius 2 is 1.76 bits per heavy atom. The van der Waals surface area contributed by atoms with E-state index in [1.807, 2.05) is 35.8 Å². The molecular formula is C27H28N8O2. The number of imidazole rings is 1. The number of nitrogens with zero attached hydrogens (tertiary/aromatic N) is 7. The van der Waals surface area contributed by atoms with Gasteiger partial charge in [0, 0.05) is 24.9 Å². The number of ketones is 1. The predicted molar refractivity (Wildman–Crippen MR) is 139 cm³/mol. The largest absolute Gasteiger partial charge is 0.491 e. The van der Waals surface area contributed by atoms with Crippen molar-refractivity contribution in [1.82, 2.24) is 40.4 Å². The number of nitrogens with one attached hydrogen (secondary N) is 1. The van der Waals surface area contributed by atoms with Gasteiger partial charge in [-0.1, -0.05) is 68.8 Å². The SMILES string of the molecule is CCCCc1nc2c(C(=O)CCC)nnc(O)c2n1Cc1ccc(-c2ccccc2-c2nnn[nH]2)cc1. The molecule has 2 aromatic carbocycles. The van der Waals surface area contributed by atoms with Crippen LogP contribution in [0.3, 0.4) is 0 Å². The maximum absolute atomic E-state index is 12.7. The van der Waals surface area contributed by atoms with Crippen LogP contribution >= 0.6 is 0 Å². The fourth-order valence-electron chi connectivity index (χ4n) is 4.50. The van der Waals surface area contributed by atoms with Gasteiger partial charge in [0.05, 0.1) is 0 Å². The van der Waals surface area contributed by atoms with Gasteiger partial charge in [-0.2, -0.15) is 0 Å². The number of aryl methyl sites for hydroxylation is 1. The summed E-state index contributed by atoms with van der Waals surface area (Å²) in [5.74, 6) is 1.08. The Morgan fingerprint density at radius 1 is 0.973 bits per heavy atom. The number of fused-ring (bicyclic) bond motifs is 1. The van der Waals surface area contributed by atoms with Crippen molar-refractivity contribution in [2.75, 3.05) is 0 Å². The Hall–Kier alpha value is -4.47. The lowest BCUT2D eigenvalue weighted by atomic mass is 9.98. The van der Waals surface area contributed by atoms with Gasteiger partial charge in [-0.3, -0.25) is 4.79 Å². The number of Topliss-reactive ketones (excluding diaryl/α,β-unsaturated/α-hetero) is 1. The van der Waals surface area contributed by atoms with E-state index >= 15 is 0 Å². The Balaban J connectivity index is 1.52. The lowest BCUT2D eigenvalue weighted by Gasteiger charge is -2.12. The molecule has 2 N–H and O–H groups in total. The van der Waals surface area contributed by atoms with Crippen LogP contribution in [0.15, 0.2) is 48.5 Å². The van der Waals surface area contributed by atoms with Gasteiger partial charge in [0.1, 0.15) is 16.9 Å². The summed E-state index contributed by atoms with van der Waals surface area (Å²) in [6, 6.07) is 16.2. The smallest absolute Gasteiger partial charge is 0.257 e. The monoisotopic (exact) mass is 496 g/mol. The zero-order valence-electron chi connectivity index (χ0n) is 20.8. The van der Waals surface area contributed by atoms with Gasteiger partial charge in [0.2, 0.25) is 0 Å². The quantitative estimate of drug-likeness (QED) is 0.264. The normalized spacial score (nSPS) is 11.3. The standard InChI is InChI=1S/C27H28N8O2/c1-3-5-11-22-28-24-23(21(36)8-4-2)29-32-27(37)25(24)35(22)16-17-12-14-18(15-13-17)19-9-6-7-10-20(19)26-30-33-34-31-26/h6-7,9-10,12-15H,3-5,8,11,16H2,1-2H3,(H,32,37)(H,30,31,33,34). The molecule has 0 radical (unpaired) electrons. The highest BCUT2D eigenvalue weighted by Gasteiger charge is 2.23. The molecule has 37 heavy (non-hydrogen) atoms. The molecule has 3 heterocycles. The molecule has 3 aromatic heterocycles. The van der Waals surface area contributed by atoms with Gasteiger partial charge in [-0.25, -0.2) is 10.1 Å². The van der Waals surface area contributed by atoms with Crippen molar-refractivity contribution in [3.63, 3.8) is 0 Å². The average Bonchev–Trinajstić information content (AvgIpc) is 3.57. The first-order valence-corrected chi connectivity index (χ1v) is 12.5. The molecule has 10 heteroatoms. The highest BCUT2D eigenvalue weighted by molar-refractivity contribution is 6.05. The topological polar surface area (TPSA) is 135 Å². The number of aromatic nitrogens is 8.